The largest absolute Gasteiger partial charge is 0.494 e. The zero-order valence-electron chi connectivity index (χ0n) is 22.6. The number of benzene rings is 1. The maximum absolute atomic E-state index is 12.2. The molecule has 1 saturated heterocycles. The van der Waals surface area contributed by atoms with Crippen molar-refractivity contribution in [2.24, 2.45) is 0 Å². The molecule has 12 heteroatoms. The van der Waals surface area contributed by atoms with Gasteiger partial charge in [-0.15, -0.1) is 0 Å². The molecule has 1 saturated carbocycles. The summed E-state index contributed by atoms with van der Waals surface area (Å²) in [6.45, 7) is 9.84. The van der Waals surface area contributed by atoms with Gasteiger partial charge in [0.1, 0.15) is 11.6 Å². The van der Waals surface area contributed by atoms with Gasteiger partial charge in [0, 0.05) is 69.0 Å². The van der Waals surface area contributed by atoms with Crippen LogP contribution in [0.1, 0.15) is 32.6 Å². The molecule has 208 valence electrons. The summed E-state index contributed by atoms with van der Waals surface area (Å²) in [5, 5.41) is 6.76. The van der Waals surface area contributed by atoms with E-state index in [9.17, 15) is 8.42 Å². The molecule has 0 spiro atoms. The Morgan fingerprint density at radius 1 is 1.21 bits per heavy atom. The highest BCUT2D eigenvalue weighted by atomic mass is 79.9. The Balaban J connectivity index is 1.49. The van der Waals surface area contributed by atoms with Gasteiger partial charge in [0.15, 0.2) is 0 Å². The number of halogens is 1. The number of likely N-dealkylation sites (N-methyl/N-ethyl adjacent to an activating group) is 1. The normalized spacial score (nSPS) is 20.4. The number of sulfonamides is 1. The fourth-order valence-electron chi connectivity index (χ4n) is 5.11. The Bertz CT molecular complexity index is 1250. The van der Waals surface area contributed by atoms with E-state index in [1.165, 1.54) is 10.6 Å². The van der Waals surface area contributed by atoms with E-state index in [2.05, 4.69) is 54.0 Å². The zero-order valence-corrected chi connectivity index (χ0v) is 25.0. The van der Waals surface area contributed by atoms with Crippen LogP contribution in [0.4, 0.5) is 23.1 Å². The van der Waals surface area contributed by atoms with Crippen LogP contribution in [-0.2, 0) is 10.0 Å². The highest BCUT2D eigenvalue weighted by molar-refractivity contribution is 9.10. The number of ether oxygens (including phenoxy) is 1. The van der Waals surface area contributed by atoms with Crippen LogP contribution in [0.5, 0.6) is 5.75 Å². The second kappa shape index (κ2) is 12.1. The smallest absolute Gasteiger partial charge is 0.229 e. The van der Waals surface area contributed by atoms with Crippen molar-refractivity contribution in [3.8, 4) is 5.75 Å². The summed E-state index contributed by atoms with van der Waals surface area (Å²) in [5.41, 5.74) is 2.97. The highest BCUT2D eigenvalue weighted by Gasteiger charge is 2.33. The number of hydrogen-bond donors (Lipinski definition) is 2. The Morgan fingerprint density at radius 2 is 1.92 bits per heavy atom. The first-order chi connectivity index (χ1) is 18.1. The molecule has 0 bridgehead atoms. The van der Waals surface area contributed by atoms with E-state index in [1.807, 2.05) is 19.1 Å². The molecule has 1 aliphatic carbocycles. The number of nitrogens with one attached hydrogen (secondary N) is 2. The number of hydrogen-bond acceptors (Lipinski definition) is 9. The first kappa shape index (κ1) is 28.4. The van der Waals surface area contributed by atoms with Gasteiger partial charge in [0.05, 0.1) is 23.5 Å². The summed E-state index contributed by atoms with van der Waals surface area (Å²) < 4.78 is 32.3. The van der Waals surface area contributed by atoms with Gasteiger partial charge < -0.3 is 25.2 Å². The first-order valence-corrected chi connectivity index (χ1v) is 15.5. The van der Waals surface area contributed by atoms with E-state index in [4.69, 9.17) is 9.72 Å². The van der Waals surface area contributed by atoms with Crippen LogP contribution in [0.3, 0.4) is 0 Å². The van der Waals surface area contributed by atoms with Crippen LogP contribution < -0.4 is 20.3 Å². The Morgan fingerprint density at radius 3 is 2.58 bits per heavy atom. The van der Waals surface area contributed by atoms with Crippen LogP contribution >= 0.6 is 15.9 Å². The van der Waals surface area contributed by atoms with E-state index in [1.54, 1.807) is 20.4 Å². The van der Waals surface area contributed by atoms with Gasteiger partial charge >= 0.3 is 0 Å². The third kappa shape index (κ3) is 6.70. The standard InChI is InChI=1S/C26H38BrN7O3S/c1-18(2)33-12-14-34(15-13-33)19-10-11-22(24(16-19)37-4)30-26-28-17-20(27)25(31-26)29-21-8-6-7-9-23(21)32(3)38(5,35)36/h10-11,16-17,21,23H,1,6-9,12-15H2,2-5H3,(H2,28,29,30,31)/t21-,23-/m1/s1. The van der Waals surface area contributed by atoms with Gasteiger partial charge in [0.2, 0.25) is 16.0 Å². The van der Waals surface area contributed by atoms with E-state index in [0.29, 0.717) is 22.0 Å². The summed E-state index contributed by atoms with van der Waals surface area (Å²) in [5.74, 6) is 1.74. The molecule has 2 heterocycles. The van der Waals surface area contributed by atoms with Crippen molar-refractivity contribution < 1.29 is 13.2 Å². The van der Waals surface area contributed by atoms with Crippen molar-refractivity contribution in [1.29, 1.82) is 0 Å². The van der Waals surface area contributed by atoms with E-state index in [-0.39, 0.29) is 12.1 Å². The molecule has 0 radical (unpaired) electrons. The van der Waals surface area contributed by atoms with Gasteiger partial charge in [0.25, 0.3) is 0 Å². The summed E-state index contributed by atoms with van der Waals surface area (Å²) >= 11 is 3.55. The Labute approximate surface area is 234 Å². The van der Waals surface area contributed by atoms with Crippen LogP contribution in [0.15, 0.2) is 41.1 Å². The van der Waals surface area contributed by atoms with Crippen molar-refractivity contribution in [2.75, 3.05) is 62.1 Å². The van der Waals surface area contributed by atoms with Gasteiger partial charge in [-0.3, -0.25) is 0 Å². The molecule has 0 amide bonds. The molecule has 2 fully saturated rings. The minimum atomic E-state index is -3.30. The SMILES string of the molecule is C=C(C)N1CCN(c2ccc(Nc3ncc(Br)c(N[C@@H]4CCCC[C@H]4N(C)S(C)(=O)=O)n3)c(OC)c2)CC1. The maximum atomic E-state index is 12.2. The second-order valence-electron chi connectivity index (χ2n) is 9.99. The summed E-state index contributed by atoms with van der Waals surface area (Å²) in [7, 11) is 0.00429. The molecule has 10 nitrogen and oxygen atoms in total. The minimum absolute atomic E-state index is 0.0540. The van der Waals surface area contributed by atoms with Crippen molar-refractivity contribution in [3.63, 3.8) is 0 Å². The lowest BCUT2D eigenvalue weighted by molar-refractivity contribution is 0.265. The van der Waals surface area contributed by atoms with Crippen molar-refractivity contribution in [2.45, 2.75) is 44.7 Å². The monoisotopic (exact) mass is 607 g/mol. The lowest BCUT2D eigenvalue weighted by Crippen LogP contribution is -2.49. The molecular weight excluding hydrogens is 570 g/mol. The summed E-state index contributed by atoms with van der Waals surface area (Å²) in [6.07, 6.45) is 6.64. The number of aromatic nitrogens is 2. The highest BCUT2D eigenvalue weighted by Crippen LogP contribution is 2.33. The molecule has 1 aromatic heterocycles. The molecule has 1 aliphatic heterocycles. The number of nitrogens with zero attached hydrogens (tertiary/aromatic N) is 5. The lowest BCUT2D eigenvalue weighted by atomic mass is 9.90. The Hall–Kier alpha value is -2.57. The van der Waals surface area contributed by atoms with E-state index in [0.717, 1.165) is 68.9 Å². The summed E-state index contributed by atoms with van der Waals surface area (Å²) in [4.78, 5) is 13.8. The van der Waals surface area contributed by atoms with Gasteiger partial charge in [-0.25, -0.2) is 17.7 Å². The number of allylic oxidation sites excluding steroid dienone is 1. The predicted octanol–water partition coefficient (Wildman–Crippen LogP) is 4.26. The van der Waals surface area contributed by atoms with Crippen molar-refractivity contribution in [3.05, 3.63) is 41.1 Å². The average molecular weight is 609 g/mol. The summed E-state index contributed by atoms with van der Waals surface area (Å²) in [6, 6.07) is 5.90. The van der Waals surface area contributed by atoms with Gasteiger partial charge in [-0.2, -0.15) is 4.98 Å². The van der Waals surface area contributed by atoms with Crippen LogP contribution in [0.2, 0.25) is 0 Å². The van der Waals surface area contributed by atoms with Crippen LogP contribution in [0, 0.1) is 0 Å². The maximum Gasteiger partial charge on any atom is 0.229 e. The topological polar surface area (TPSA) is 103 Å². The zero-order chi connectivity index (χ0) is 27.4. The quantitative estimate of drug-likeness (QED) is 0.432. The van der Waals surface area contributed by atoms with Gasteiger partial charge in [-0.1, -0.05) is 19.4 Å². The average Bonchev–Trinajstić information content (AvgIpc) is 2.90. The first-order valence-electron chi connectivity index (χ1n) is 12.9. The molecule has 2 atom stereocenters. The lowest BCUT2D eigenvalue weighted by Gasteiger charge is -2.37. The number of rotatable bonds is 9. The number of methoxy groups -OCH3 is 1. The van der Waals surface area contributed by atoms with Gasteiger partial charge in [-0.05, 0) is 47.8 Å². The van der Waals surface area contributed by atoms with Crippen LogP contribution in [0.25, 0.3) is 0 Å². The third-order valence-electron chi connectivity index (χ3n) is 7.40. The van der Waals surface area contributed by atoms with Crippen LogP contribution in [-0.4, -0.2) is 86.3 Å². The molecular formula is C26H38BrN7O3S. The molecule has 1 aromatic carbocycles. The van der Waals surface area contributed by atoms with Crippen molar-refractivity contribution in [1.82, 2.24) is 19.2 Å². The van der Waals surface area contributed by atoms with E-state index >= 15 is 0 Å². The molecule has 38 heavy (non-hydrogen) atoms. The van der Waals surface area contributed by atoms with Crippen molar-refractivity contribution >= 4 is 49.1 Å². The molecule has 2 N–H and O–H groups in total. The third-order valence-corrected chi connectivity index (χ3v) is 9.30. The fraction of sp³-hybridized carbons (Fsp3) is 0.538. The molecule has 0 unspecified atom stereocenters. The second-order valence-corrected chi connectivity index (χ2v) is 12.9. The predicted molar refractivity (Wildman–Crippen MR) is 157 cm³/mol. The molecule has 2 aromatic rings. The molecule has 4 rings (SSSR count). The molecule has 2 aliphatic rings. The van der Waals surface area contributed by atoms with E-state index < -0.39 is 10.0 Å². The number of anilines is 4. The Kier molecular flexibility index (Phi) is 9.04. The fourth-order valence-corrected chi connectivity index (χ4v) is 6.16. The number of piperazine rings is 1. The minimum Gasteiger partial charge on any atom is -0.494 e.